The summed E-state index contributed by atoms with van der Waals surface area (Å²) in [5.74, 6) is 0. The van der Waals surface area contributed by atoms with Gasteiger partial charge in [0.2, 0.25) is 0 Å². The third-order valence-electron chi connectivity index (χ3n) is 9.81. The highest BCUT2D eigenvalue weighted by atomic mass is 15.2. The van der Waals surface area contributed by atoms with Crippen LogP contribution in [0.25, 0.3) is 43.8 Å². The minimum Gasteiger partial charge on any atom is -0.310 e. The van der Waals surface area contributed by atoms with E-state index in [2.05, 4.69) is 228 Å². The second-order valence-electron chi connectivity index (χ2n) is 13.0. The summed E-state index contributed by atoms with van der Waals surface area (Å²) in [4.78, 5) is 4.79. The van der Waals surface area contributed by atoms with Crippen molar-refractivity contribution in [3.8, 4) is 22.3 Å². The summed E-state index contributed by atoms with van der Waals surface area (Å²) < 4.78 is 0. The molecule has 0 amide bonds. The molecule has 0 atom stereocenters. The minimum atomic E-state index is 1.08. The van der Waals surface area contributed by atoms with Gasteiger partial charge in [0.1, 0.15) is 0 Å². The lowest BCUT2D eigenvalue weighted by Gasteiger charge is -2.30. The van der Waals surface area contributed by atoms with E-state index in [1.54, 1.807) is 0 Å². The standard InChI is InChI=1S/C50H36N2/c1-5-19-37(20-6-1)43-28-15-16-30-45(43)47-31-17-18-32-49(47)52(41-26-11-4-12-27-41)42-33-34-46-44-29-14-13-21-38(44)35-50(48(46)36-42)51(39-22-7-2-8-23-39)40-24-9-3-10-25-40/h1-36H. The molecule has 0 saturated heterocycles. The number of para-hydroxylation sites is 4. The van der Waals surface area contributed by atoms with Gasteiger partial charge in [-0.25, -0.2) is 0 Å². The summed E-state index contributed by atoms with van der Waals surface area (Å²) in [6.07, 6.45) is 0. The lowest BCUT2D eigenvalue weighted by molar-refractivity contribution is 1.28. The van der Waals surface area contributed by atoms with E-state index in [0.29, 0.717) is 0 Å². The molecular weight excluding hydrogens is 629 g/mol. The van der Waals surface area contributed by atoms with E-state index in [-0.39, 0.29) is 0 Å². The molecule has 0 aromatic heterocycles. The van der Waals surface area contributed by atoms with Crippen molar-refractivity contribution in [1.29, 1.82) is 0 Å². The average Bonchev–Trinajstić information content (AvgIpc) is 3.23. The molecule has 2 heteroatoms. The Morgan fingerprint density at radius 3 is 1.37 bits per heavy atom. The predicted octanol–water partition coefficient (Wildman–Crippen LogP) is 14.3. The molecule has 0 aliphatic carbocycles. The highest BCUT2D eigenvalue weighted by Gasteiger charge is 2.22. The first-order valence-electron chi connectivity index (χ1n) is 17.8. The number of fused-ring (bicyclic) bond motifs is 3. The monoisotopic (exact) mass is 664 g/mol. The Kier molecular flexibility index (Phi) is 8.24. The lowest BCUT2D eigenvalue weighted by atomic mass is 9.93. The zero-order valence-corrected chi connectivity index (χ0v) is 28.7. The molecule has 9 aromatic carbocycles. The molecule has 246 valence electrons. The Balaban J connectivity index is 1.31. The molecule has 0 aliphatic rings. The van der Waals surface area contributed by atoms with Gasteiger partial charge in [0, 0.05) is 33.7 Å². The highest BCUT2D eigenvalue weighted by Crippen LogP contribution is 2.47. The van der Waals surface area contributed by atoms with Crippen molar-refractivity contribution in [1.82, 2.24) is 0 Å². The highest BCUT2D eigenvalue weighted by molar-refractivity contribution is 6.15. The van der Waals surface area contributed by atoms with Crippen LogP contribution in [-0.2, 0) is 0 Å². The second kappa shape index (κ2) is 13.8. The van der Waals surface area contributed by atoms with Crippen LogP contribution in [0.4, 0.5) is 34.1 Å². The molecule has 0 heterocycles. The van der Waals surface area contributed by atoms with Crippen LogP contribution in [-0.4, -0.2) is 0 Å². The van der Waals surface area contributed by atoms with Crippen LogP contribution in [0, 0.1) is 0 Å². The van der Waals surface area contributed by atoms with Crippen LogP contribution in [0.15, 0.2) is 218 Å². The van der Waals surface area contributed by atoms with Gasteiger partial charge in [-0.2, -0.15) is 0 Å². The van der Waals surface area contributed by atoms with Crippen LogP contribution in [0.3, 0.4) is 0 Å². The number of anilines is 6. The van der Waals surface area contributed by atoms with E-state index < -0.39 is 0 Å². The molecule has 0 saturated carbocycles. The predicted molar refractivity (Wildman–Crippen MR) is 222 cm³/mol. The van der Waals surface area contributed by atoms with Crippen molar-refractivity contribution >= 4 is 55.7 Å². The zero-order chi connectivity index (χ0) is 34.7. The average molecular weight is 665 g/mol. The van der Waals surface area contributed by atoms with Gasteiger partial charge in [0.25, 0.3) is 0 Å². The fourth-order valence-corrected chi connectivity index (χ4v) is 7.47. The molecule has 0 unspecified atom stereocenters. The van der Waals surface area contributed by atoms with Crippen molar-refractivity contribution in [3.63, 3.8) is 0 Å². The van der Waals surface area contributed by atoms with Gasteiger partial charge in [-0.1, -0.05) is 158 Å². The smallest absolute Gasteiger partial charge is 0.0547 e. The van der Waals surface area contributed by atoms with Gasteiger partial charge in [-0.15, -0.1) is 0 Å². The third kappa shape index (κ3) is 5.77. The summed E-state index contributed by atoms with van der Waals surface area (Å²) in [5, 5.41) is 4.83. The van der Waals surface area contributed by atoms with Crippen molar-refractivity contribution in [2.75, 3.05) is 9.80 Å². The van der Waals surface area contributed by atoms with E-state index >= 15 is 0 Å². The fourth-order valence-electron chi connectivity index (χ4n) is 7.47. The number of hydrogen-bond donors (Lipinski definition) is 0. The molecule has 0 N–H and O–H groups in total. The maximum atomic E-state index is 2.41. The molecule has 0 spiro atoms. The molecule has 0 aliphatic heterocycles. The Labute approximate surface area is 305 Å². The first-order valence-corrected chi connectivity index (χ1v) is 17.8. The number of rotatable bonds is 8. The number of benzene rings is 9. The largest absolute Gasteiger partial charge is 0.310 e. The molecule has 52 heavy (non-hydrogen) atoms. The molecule has 0 radical (unpaired) electrons. The van der Waals surface area contributed by atoms with Crippen LogP contribution < -0.4 is 9.80 Å². The fraction of sp³-hybridized carbons (Fsp3) is 0. The molecule has 2 nitrogen and oxygen atoms in total. The maximum absolute atomic E-state index is 2.41. The van der Waals surface area contributed by atoms with Crippen molar-refractivity contribution in [2.24, 2.45) is 0 Å². The van der Waals surface area contributed by atoms with Crippen LogP contribution in [0.1, 0.15) is 0 Å². The summed E-state index contributed by atoms with van der Waals surface area (Å²) in [5.41, 5.74) is 11.4. The Morgan fingerprint density at radius 1 is 0.250 bits per heavy atom. The van der Waals surface area contributed by atoms with Crippen molar-refractivity contribution in [3.05, 3.63) is 218 Å². The van der Waals surface area contributed by atoms with Gasteiger partial charge < -0.3 is 9.80 Å². The molecule has 9 rings (SSSR count). The summed E-state index contributed by atoms with van der Waals surface area (Å²) in [7, 11) is 0. The van der Waals surface area contributed by atoms with Crippen molar-refractivity contribution < 1.29 is 0 Å². The van der Waals surface area contributed by atoms with Crippen LogP contribution in [0.2, 0.25) is 0 Å². The van der Waals surface area contributed by atoms with Gasteiger partial charge in [-0.05, 0) is 93.5 Å². The van der Waals surface area contributed by atoms with Crippen LogP contribution in [0.5, 0.6) is 0 Å². The number of hydrogen-bond acceptors (Lipinski definition) is 2. The van der Waals surface area contributed by atoms with Crippen LogP contribution >= 0.6 is 0 Å². The van der Waals surface area contributed by atoms with E-state index in [9.17, 15) is 0 Å². The van der Waals surface area contributed by atoms with Crippen molar-refractivity contribution in [2.45, 2.75) is 0 Å². The minimum absolute atomic E-state index is 1.08. The molecule has 0 bridgehead atoms. The molecular formula is C50H36N2. The Morgan fingerprint density at radius 2 is 0.731 bits per heavy atom. The zero-order valence-electron chi connectivity index (χ0n) is 28.7. The Hall–Kier alpha value is -6.90. The Bertz CT molecular complexity index is 2580. The van der Waals surface area contributed by atoms with E-state index in [1.165, 1.54) is 43.8 Å². The topological polar surface area (TPSA) is 6.48 Å². The lowest BCUT2D eigenvalue weighted by Crippen LogP contribution is -2.12. The summed E-state index contributed by atoms with van der Waals surface area (Å²) in [6, 6.07) is 78.3. The quantitative estimate of drug-likeness (QED) is 0.149. The van der Waals surface area contributed by atoms with Gasteiger partial charge >= 0.3 is 0 Å². The maximum Gasteiger partial charge on any atom is 0.0547 e. The second-order valence-corrected chi connectivity index (χ2v) is 13.0. The van der Waals surface area contributed by atoms with E-state index in [1.807, 2.05) is 0 Å². The van der Waals surface area contributed by atoms with Gasteiger partial charge in [0.05, 0.1) is 11.4 Å². The SMILES string of the molecule is c1ccc(-c2ccccc2-c2ccccc2N(c2ccccc2)c2ccc3c(c2)c(N(c2ccccc2)c2ccccc2)cc2ccccc23)cc1. The first kappa shape index (κ1) is 31.1. The van der Waals surface area contributed by atoms with Gasteiger partial charge in [-0.3, -0.25) is 0 Å². The first-order chi connectivity index (χ1) is 25.8. The molecule has 0 fully saturated rings. The summed E-state index contributed by atoms with van der Waals surface area (Å²) >= 11 is 0. The van der Waals surface area contributed by atoms with E-state index in [4.69, 9.17) is 0 Å². The normalized spacial score (nSPS) is 11.1. The number of nitrogens with zero attached hydrogens (tertiary/aromatic N) is 2. The third-order valence-corrected chi connectivity index (χ3v) is 9.81. The molecule has 9 aromatic rings. The van der Waals surface area contributed by atoms with E-state index in [0.717, 1.165) is 34.1 Å². The van der Waals surface area contributed by atoms with Gasteiger partial charge in [0.15, 0.2) is 0 Å². The summed E-state index contributed by atoms with van der Waals surface area (Å²) in [6.45, 7) is 0.